The lowest BCUT2D eigenvalue weighted by atomic mass is 10.3. The van der Waals surface area contributed by atoms with Crippen LogP contribution in [0.5, 0.6) is 5.75 Å². The zero-order valence-electron chi connectivity index (χ0n) is 18.4. The quantitative estimate of drug-likeness (QED) is 0.414. The Morgan fingerprint density at radius 2 is 1.79 bits per heavy atom. The summed E-state index contributed by atoms with van der Waals surface area (Å²) in [5.41, 5.74) is 0.685. The van der Waals surface area contributed by atoms with Crippen molar-refractivity contribution in [2.24, 2.45) is 0 Å². The van der Waals surface area contributed by atoms with Crippen LogP contribution in [-0.4, -0.2) is 82.3 Å². The number of nitrogens with zero attached hydrogens (tertiary/aromatic N) is 6. The van der Waals surface area contributed by atoms with Crippen molar-refractivity contribution in [1.29, 1.82) is 0 Å². The van der Waals surface area contributed by atoms with Crippen molar-refractivity contribution in [3.8, 4) is 11.4 Å². The van der Waals surface area contributed by atoms with Crippen molar-refractivity contribution in [1.82, 2.24) is 29.4 Å². The highest BCUT2D eigenvalue weighted by molar-refractivity contribution is 7.99. The number of para-hydroxylation sites is 2. The summed E-state index contributed by atoms with van der Waals surface area (Å²) in [5, 5.41) is 12.8. The van der Waals surface area contributed by atoms with Gasteiger partial charge in [-0.2, -0.15) is 8.99 Å². The van der Waals surface area contributed by atoms with Crippen molar-refractivity contribution in [3.05, 3.63) is 53.6 Å². The molecule has 1 aromatic heterocycles. The number of ether oxygens (including phenoxy) is 1. The number of halogens is 1. The second-order valence-electron chi connectivity index (χ2n) is 7.30. The SMILES string of the molecule is CCOc1ccccc1-n1nnnc1SCC(=O)N1CCN(S(=O)(=O)c2ccc(Cl)cc2)CC1. The zero-order valence-corrected chi connectivity index (χ0v) is 20.8. The molecule has 10 nitrogen and oxygen atoms in total. The first-order chi connectivity index (χ1) is 16.4. The Labute approximate surface area is 206 Å². The van der Waals surface area contributed by atoms with Crippen molar-refractivity contribution in [3.63, 3.8) is 0 Å². The van der Waals surface area contributed by atoms with Gasteiger partial charge in [-0.05, 0) is 53.7 Å². The first kappa shape index (κ1) is 24.5. The summed E-state index contributed by atoms with van der Waals surface area (Å²) in [4.78, 5) is 14.6. The maximum Gasteiger partial charge on any atom is 0.243 e. The molecule has 1 amide bonds. The number of hydrogen-bond donors (Lipinski definition) is 0. The lowest BCUT2D eigenvalue weighted by molar-refractivity contribution is -0.129. The predicted octanol–water partition coefficient (Wildman–Crippen LogP) is 2.34. The monoisotopic (exact) mass is 522 g/mol. The molecular formula is C21H23ClN6O4S2. The van der Waals surface area contributed by atoms with Crippen LogP contribution in [0.2, 0.25) is 5.02 Å². The topological polar surface area (TPSA) is 111 Å². The van der Waals surface area contributed by atoms with Crippen molar-refractivity contribution in [2.45, 2.75) is 17.0 Å². The van der Waals surface area contributed by atoms with Crippen molar-refractivity contribution in [2.75, 3.05) is 38.5 Å². The number of piperazine rings is 1. The number of hydrogen-bond acceptors (Lipinski definition) is 8. The lowest BCUT2D eigenvalue weighted by Gasteiger charge is -2.34. The summed E-state index contributed by atoms with van der Waals surface area (Å²) >= 11 is 7.08. The number of carbonyl (C=O) groups excluding carboxylic acids is 1. The van der Waals surface area contributed by atoms with E-state index in [1.165, 1.54) is 28.2 Å². The van der Waals surface area contributed by atoms with Gasteiger partial charge in [0.2, 0.25) is 21.1 Å². The standard InChI is InChI=1S/C21H23ClN6O4S2/c1-2-32-19-6-4-3-5-18(19)28-21(23-24-25-28)33-15-20(29)26-11-13-27(14-12-26)34(30,31)17-9-7-16(22)8-10-17/h3-10H,2,11-15H2,1H3. The van der Waals surface area contributed by atoms with Gasteiger partial charge in [0, 0.05) is 31.2 Å². The van der Waals surface area contributed by atoms with Gasteiger partial charge in [0.1, 0.15) is 11.4 Å². The third-order valence-corrected chi connectivity index (χ3v) is 8.27. The Morgan fingerprint density at radius 3 is 2.50 bits per heavy atom. The largest absolute Gasteiger partial charge is 0.492 e. The van der Waals surface area contributed by atoms with E-state index in [2.05, 4.69) is 15.5 Å². The molecule has 1 saturated heterocycles. The Bertz CT molecular complexity index is 1240. The van der Waals surface area contributed by atoms with Gasteiger partial charge < -0.3 is 9.64 Å². The highest BCUT2D eigenvalue weighted by atomic mass is 35.5. The average molecular weight is 523 g/mol. The molecule has 4 rings (SSSR count). The van der Waals surface area contributed by atoms with E-state index in [1.54, 1.807) is 21.7 Å². The lowest BCUT2D eigenvalue weighted by Crippen LogP contribution is -2.50. The van der Waals surface area contributed by atoms with E-state index in [0.29, 0.717) is 41.3 Å². The average Bonchev–Trinajstić information content (AvgIpc) is 3.32. The van der Waals surface area contributed by atoms with Gasteiger partial charge in [0.25, 0.3) is 0 Å². The third kappa shape index (κ3) is 5.35. The second kappa shape index (κ2) is 10.7. The second-order valence-corrected chi connectivity index (χ2v) is 10.6. The number of thioether (sulfide) groups is 1. The van der Waals surface area contributed by atoms with Crippen LogP contribution in [0.1, 0.15) is 6.92 Å². The fourth-order valence-electron chi connectivity index (χ4n) is 3.48. The first-order valence-electron chi connectivity index (χ1n) is 10.6. The van der Waals surface area contributed by atoms with Crippen LogP contribution >= 0.6 is 23.4 Å². The van der Waals surface area contributed by atoms with Crippen molar-refractivity contribution >= 4 is 39.3 Å². The van der Waals surface area contributed by atoms with Gasteiger partial charge >= 0.3 is 0 Å². The van der Waals surface area contributed by atoms with Crippen LogP contribution in [-0.2, 0) is 14.8 Å². The van der Waals surface area contributed by atoms with Crippen molar-refractivity contribution < 1.29 is 17.9 Å². The normalized spacial score (nSPS) is 14.8. The molecule has 1 fully saturated rings. The number of carbonyl (C=O) groups is 1. The van der Waals surface area contributed by atoms with Gasteiger partial charge in [-0.15, -0.1) is 5.10 Å². The van der Waals surface area contributed by atoms with Crippen LogP contribution in [0.4, 0.5) is 0 Å². The number of aromatic nitrogens is 4. The number of amides is 1. The minimum absolute atomic E-state index is 0.110. The van der Waals surface area contributed by atoms with Crippen LogP contribution in [0.3, 0.4) is 0 Å². The van der Waals surface area contributed by atoms with Gasteiger partial charge in [-0.3, -0.25) is 4.79 Å². The Balaban J connectivity index is 1.35. The molecule has 34 heavy (non-hydrogen) atoms. The molecule has 2 aromatic carbocycles. The fourth-order valence-corrected chi connectivity index (χ4v) is 5.82. The van der Waals surface area contributed by atoms with E-state index < -0.39 is 10.0 Å². The molecule has 0 saturated carbocycles. The summed E-state index contributed by atoms with van der Waals surface area (Å²) < 4.78 is 34.3. The fraction of sp³-hybridized carbons (Fsp3) is 0.333. The minimum atomic E-state index is -3.63. The summed E-state index contributed by atoms with van der Waals surface area (Å²) in [6.07, 6.45) is 0. The maximum absolute atomic E-state index is 12.8. The molecule has 0 atom stereocenters. The molecule has 1 aliphatic rings. The van der Waals surface area contributed by atoms with E-state index in [9.17, 15) is 13.2 Å². The molecule has 0 unspecified atom stereocenters. The highest BCUT2D eigenvalue weighted by Gasteiger charge is 2.30. The number of benzene rings is 2. The molecule has 2 heterocycles. The van der Waals surface area contributed by atoms with Gasteiger partial charge in [0.05, 0.1) is 17.3 Å². The van der Waals surface area contributed by atoms with Crippen LogP contribution in [0, 0.1) is 0 Å². The van der Waals surface area contributed by atoms with Gasteiger partial charge in [-0.1, -0.05) is 35.5 Å². The van der Waals surface area contributed by atoms with Crippen LogP contribution < -0.4 is 4.74 Å². The number of tetrazole rings is 1. The third-order valence-electron chi connectivity index (χ3n) is 5.20. The highest BCUT2D eigenvalue weighted by Crippen LogP contribution is 2.26. The zero-order chi connectivity index (χ0) is 24.1. The Kier molecular flexibility index (Phi) is 7.71. The molecule has 180 valence electrons. The number of rotatable bonds is 8. The molecule has 3 aromatic rings. The summed E-state index contributed by atoms with van der Waals surface area (Å²) in [5.74, 6) is 0.658. The molecule has 0 aliphatic carbocycles. The molecule has 1 aliphatic heterocycles. The van der Waals surface area contributed by atoms with E-state index in [1.807, 2.05) is 31.2 Å². The maximum atomic E-state index is 12.8. The summed E-state index contributed by atoms with van der Waals surface area (Å²) in [6.45, 7) is 3.46. The van der Waals surface area contributed by atoms with Gasteiger partial charge in [-0.25, -0.2) is 8.42 Å². The summed E-state index contributed by atoms with van der Waals surface area (Å²) in [6, 6.07) is 13.5. The van der Waals surface area contributed by atoms with Crippen LogP contribution in [0.25, 0.3) is 5.69 Å². The predicted molar refractivity (Wildman–Crippen MR) is 128 cm³/mol. The minimum Gasteiger partial charge on any atom is -0.492 e. The van der Waals surface area contributed by atoms with E-state index in [-0.39, 0.29) is 29.6 Å². The number of sulfonamides is 1. The van der Waals surface area contributed by atoms with Gasteiger partial charge in [0.15, 0.2) is 0 Å². The Hall–Kier alpha value is -2.67. The molecule has 13 heteroatoms. The molecule has 0 bridgehead atoms. The smallest absolute Gasteiger partial charge is 0.243 e. The van der Waals surface area contributed by atoms with E-state index >= 15 is 0 Å². The molecule has 0 spiro atoms. The van der Waals surface area contributed by atoms with Crippen LogP contribution in [0.15, 0.2) is 58.6 Å². The molecule has 0 N–H and O–H groups in total. The van der Waals surface area contributed by atoms with E-state index in [4.69, 9.17) is 16.3 Å². The van der Waals surface area contributed by atoms with E-state index in [0.717, 1.165) is 0 Å². The molecule has 0 radical (unpaired) electrons. The molecular weight excluding hydrogens is 500 g/mol. The summed E-state index contributed by atoms with van der Waals surface area (Å²) in [7, 11) is -3.63. The first-order valence-corrected chi connectivity index (χ1v) is 13.4. The Morgan fingerprint density at radius 1 is 1.09 bits per heavy atom.